The molecule has 2 aromatic carbocycles. The highest BCUT2D eigenvalue weighted by Crippen LogP contribution is 2.21. The number of ether oxygens (including phenoxy) is 3. The molecule has 3 amide bonds. The van der Waals surface area contributed by atoms with Gasteiger partial charge in [-0.25, -0.2) is 9.59 Å². The molecule has 0 radical (unpaired) electrons. The zero-order valence-corrected chi connectivity index (χ0v) is 14.8. The van der Waals surface area contributed by atoms with E-state index in [1.54, 1.807) is 12.1 Å². The SMILES string of the molecule is COCCNC(=O)NC(=O)COC(=O)c1ccc(Oc2ccccc2)cc1. The summed E-state index contributed by atoms with van der Waals surface area (Å²) in [4.78, 5) is 34.9. The van der Waals surface area contributed by atoms with E-state index >= 15 is 0 Å². The van der Waals surface area contributed by atoms with Crippen molar-refractivity contribution in [3.63, 3.8) is 0 Å². The van der Waals surface area contributed by atoms with Gasteiger partial charge in [-0.1, -0.05) is 18.2 Å². The highest BCUT2D eigenvalue weighted by Gasteiger charge is 2.12. The molecule has 2 N–H and O–H groups in total. The number of benzene rings is 2. The molecule has 142 valence electrons. The monoisotopic (exact) mass is 372 g/mol. The lowest BCUT2D eigenvalue weighted by Gasteiger charge is -2.08. The van der Waals surface area contributed by atoms with Crippen LogP contribution >= 0.6 is 0 Å². The number of imide groups is 1. The van der Waals surface area contributed by atoms with E-state index in [9.17, 15) is 14.4 Å². The Morgan fingerprint density at radius 3 is 2.26 bits per heavy atom. The average molecular weight is 372 g/mol. The summed E-state index contributed by atoms with van der Waals surface area (Å²) >= 11 is 0. The first-order valence-electron chi connectivity index (χ1n) is 8.15. The van der Waals surface area contributed by atoms with E-state index in [0.29, 0.717) is 18.1 Å². The van der Waals surface area contributed by atoms with E-state index in [4.69, 9.17) is 14.2 Å². The molecule has 27 heavy (non-hydrogen) atoms. The van der Waals surface area contributed by atoms with Gasteiger partial charge in [0.2, 0.25) is 0 Å². The minimum atomic E-state index is -0.734. The molecule has 0 spiro atoms. The summed E-state index contributed by atoms with van der Waals surface area (Å²) in [5.74, 6) is -0.185. The molecule has 0 aromatic heterocycles. The van der Waals surface area contributed by atoms with Gasteiger partial charge in [0.1, 0.15) is 11.5 Å². The molecule has 0 aliphatic carbocycles. The van der Waals surface area contributed by atoms with Gasteiger partial charge in [0.25, 0.3) is 5.91 Å². The molecule has 2 aromatic rings. The normalized spacial score (nSPS) is 9.96. The Labute approximate surface area is 156 Å². The maximum Gasteiger partial charge on any atom is 0.338 e. The maximum absolute atomic E-state index is 12.0. The van der Waals surface area contributed by atoms with E-state index in [1.165, 1.54) is 19.2 Å². The molecule has 0 unspecified atom stereocenters. The van der Waals surface area contributed by atoms with Gasteiger partial charge in [-0.2, -0.15) is 0 Å². The molecule has 8 heteroatoms. The predicted molar refractivity (Wildman–Crippen MR) is 96.7 cm³/mol. The lowest BCUT2D eigenvalue weighted by Crippen LogP contribution is -2.42. The zero-order chi connectivity index (χ0) is 19.5. The molecular weight excluding hydrogens is 352 g/mol. The largest absolute Gasteiger partial charge is 0.457 e. The third kappa shape index (κ3) is 7.17. The van der Waals surface area contributed by atoms with Gasteiger partial charge in [0.05, 0.1) is 12.2 Å². The third-order valence-electron chi connectivity index (χ3n) is 3.25. The molecular formula is C19H20N2O6. The third-order valence-corrected chi connectivity index (χ3v) is 3.25. The highest BCUT2D eigenvalue weighted by atomic mass is 16.5. The van der Waals surface area contributed by atoms with Crippen LogP contribution in [0, 0.1) is 0 Å². The van der Waals surface area contributed by atoms with Crippen molar-refractivity contribution in [3.05, 3.63) is 60.2 Å². The highest BCUT2D eigenvalue weighted by molar-refractivity contribution is 5.97. The van der Waals surface area contributed by atoms with Gasteiger partial charge in [-0.15, -0.1) is 0 Å². The average Bonchev–Trinajstić information content (AvgIpc) is 2.68. The summed E-state index contributed by atoms with van der Waals surface area (Å²) in [6.45, 7) is 0.00613. The molecule has 0 heterocycles. The van der Waals surface area contributed by atoms with E-state index in [1.807, 2.05) is 35.6 Å². The fourth-order valence-electron chi connectivity index (χ4n) is 1.97. The Morgan fingerprint density at radius 1 is 0.926 bits per heavy atom. The minimum absolute atomic E-state index is 0.257. The van der Waals surface area contributed by atoms with Gasteiger partial charge >= 0.3 is 12.0 Å². The zero-order valence-electron chi connectivity index (χ0n) is 14.8. The predicted octanol–water partition coefficient (Wildman–Crippen LogP) is 2.11. The molecule has 8 nitrogen and oxygen atoms in total. The number of urea groups is 1. The lowest BCUT2D eigenvalue weighted by atomic mass is 10.2. The number of carbonyl (C=O) groups excluding carboxylic acids is 3. The quantitative estimate of drug-likeness (QED) is 0.543. The Hall–Kier alpha value is -3.39. The van der Waals surface area contributed by atoms with E-state index in [2.05, 4.69) is 5.32 Å². The number of amides is 3. The smallest absolute Gasteiger partial charge is 0.338 e. The Balaban J connectivity index is 1.77. The summed E-state index contributed by atoms with van der Waals surface area (Å²) in [7, 11) is 1.49. The molecule has 0 saturated heterocycles. The summed E-state index contributed by atoms with van der Waals surface area (Å²) in [6.07, 6.45) is 0. The van der Waals surface area contributed by atoms with Crippen molar-refractivity contribution in [2.45, 2.75) is 0 Å². The minimum Gasteiger partial charge on any atom is -0.457 e. The van der Waals surface area contributed by atoms with Crippen LogP contribution in [-0.4, -0.2) is 44.8 Å². The van der Waals surface area contributed by atoms with Crippen LogP contribution in [0.25, 0.3) is 0 Å². The summed E-state index contributed by atoms with van der Waals surface area (Å²) in [6, 6.07) is 14.8. The van der Waals surface area contributed by atoms with Crippen LogP contribution in [0.2, 0.25) is 0 Å². The lowest BCUT2D eigenvalue weighted by molar-refractivity contribution is -0.123. The topological polar surface area (TPSA) is 103 Å². The molecule has 0 fully saturated rings. The Kier molecular flexibility index (Phi) is 7.80. The van der Waals surface area contributed by atoms with Gasteiger partial charge in [-0.3, -0.25) is 10.1 Å². The number of hydrogen-bond donors (Lipinski definition) is 2. The van der Waals surface area contributed by atoms with Crippen LogP contribution in [-0.2, 0) is 14.3 Å². The van der Waals surface area contributed by atoms with Gasteiger partial charge in [0.15, 0.2) is 6.61 Å². The van der Waals surface area contributed by atoms with Crippen molar-refractivity contribution in [1.82, 2.24) is 10.6 Å². The van der Waals surface area contributed by atoms with Gasteiger partial charge in [-0.05, 0) is 36.4 Å². The van der Waals surface area contributed by atoms with Crippen LogP contribution in [0.3, 0.4) is 0 Å². The Bertz CT molecular complexity index is 762. The van der Waals surface area contributed by atoms with Crippen molar-refractivity contribution in [1.29, 1.82) is 0 Å². The first kappa shape index (κ1) is 19.9. The molecule has 0 atom stereocenters. The van der Waals surface area contributed by atoms with Crippen LogP contribution < -0.4 is 15.4 Å². The van der Waals surface area contributed by atoms with Crippen LogP contribution in [0.5, 0.6) is 11.5 Å². The van der Waals surface area contributed by atoms with E-state index in [-0.39, 0.29) is 12.1 Å². The second-order valence-electron chi connectivity index (χ2n) is 5.31. The van der Waals surface area contributed by atoms with Crippen molar-refractivity contribution in [3.8, 4) is 11.5 Å². The fourth-order valence-corrected chi connectivity index (χ4v) is 1.97. The molecule has 0 aliphatic rings. The second kappa shape index (κ2) is 10.6. The summed E-state index contributed by atoms with van der Waals surface area (Å²) < 4.78 is 15.3. The van der Waals surface area contributed by atoms with Gasteiger partial charge < -0.3 is 19.5 Å². The van der Waals surface area contributed by atoms with Crippen LogP contribution in [0.4, 0.5) is 4.79 Å². The second-order valence-corrected chi connectivity index (χ2v) is 5.31. The van der Waals surface area contributed by atoms with Crippen LogP contribution in [0.15, 0.2) is 54.6 Å². The van der Waals surface area contributed by atoms with E-state index in [0.717, 1.165) is 0 Å². The number of carbonyl (C=O) groups is 3. The van der Waals surface area contributed by atoms with Crippen molar-refractivity contribution < 1.29 is 28.6 Å². The number of esters is 1. The number of hydrogen-bond acceptors (Lipinski definition) is 6. The first-order chi connectivity index (χ1) is 13.1. The van der Waals surface area contributed by atoms with Crippen molar-refractivity contribution >= 4 is 17.9 Å². The Morgan fingerprint density at radius 2 is 1.59 bits per heavy atom. The van der Waals surface area contributed by atoms with E-state index < -0.39 is 24.5 Å². The summed E-state index contributed by atoms with van der Waals surface area (Å²) in [5.41, 5.74) is 0.257. The molecule has 0 saturated carbocycles. The molecule has 2 rings (SSSR count). The maximum atomic E-state index is 12.0. The van der Waals surface area contributed by atoms with Crippen LogP contribution in [0.1, 0.15) is 10.4 Å². The number of rotatable bonds is 8. The molecule has 0 aliphatic heterocycles. The number of methoxy groups -OCH3 is 1. The van der Waals surface area contributed by atoms with Crippen molar-refractivity contribution in [2.75, 3.05) is 26.9 Å². The first-order valence-corrected chi connectivity index (χ1v) is 8.15. The number of nitrogens with one attached hydrogen (secondary N) is 2. The standard InChI is InChI=1S/C19H20N2O6/c1-25-12-11-20-19(24)21-17(22)13-26-18(23)14-7-9-16(10-8-14)27-15-5-3-2-4-6-15/h2-10H,11-13H2,1H3,(H2,20,21,22,24). The fraction of sp³-hybridized carbons (Fsp3) is 0.211. The van der Waals surface area contributed by atoms with Gasteiger partial charge in [0, 0.05) is 13.7 Å². The number of para-hydroxylation sites is 1. The molecule has 0 bridgehead atoms. The van der Waals surface area contributed by atoms with Crippen molar-refractivity contribution in [2.24, 2.45) is 0 Å². The summed E-state index contributed by atoms with van der Waals surface area (Å²) in [5, 5.41) is 4.45.